The lowest BCUT2D eigenvalue weighted by molar-refractivity contribution is -0.120. The molecule has 0 radical (unpaired) electrons. The van der Waals surface area contributed by atoms with Gasteiger partial charge in [-0.3, -0.25) is 9.59 Å². The molecule has 0 aliphatic carbocycles. The molecule has 0 aliphatic rings. The third-order valence-corrected chi connectivity index (χ3v) is 4.84. The van der Waals surface area contributed by atoms with Gasteiger partial charge in [0.1, 0.15) is 5.76 Å². The fourth-order valence-corrected chi connectivity index (χ4v) is 3.29. The van der Waals surface area contributed by atoms with Crippen LogP contribution in [-0.2, 0) is 24.3 Å². The number of amides is 1. The number of hydrogen-bond donors (Lipinski definition) is 1. The first-order valence-electron chi connectivity index (χ1n) is 9.53. The van der Waals surface area contributed by atoms with Crippen LogP contribution in [0.25, 0.3) is 17.2 Å². The van der Waals surface area contributed by atoms with E-state index in [1.807, 2.05) is 34.9 Å². The minimum absolute atomic E-state index is 0.0704. The van der Waals surface area contributed by atoms with Crippen LogP contribution >= 0.6 is 0 Å². The minimum Gasteiger partial charge on any atom is -0.467 e. The molecular formula is C22H21N5O3. The molecule has 3 aromatic heterocycles. The number of allylic oxidation sites excluding steroid dienone is 1. The van der Waals surface area contributed by atoms with Gasteiger partial charge in [0.05, 0.1) is 19.2 Å². The van der Waals surface area contributed by atoms with Crippen molar-refractivity contribution in [3.8, 4) is 11.4 Å². The number of benzene rings is 1. The summed E-state index contributed by atoms with van der Waals surface area (Å²) in [6.07, 6.45) is 3.19. The van der Waals surface area contributed by atoms with E-state index in [1.165, 1.54) is 4.52 Å². The molecule has 1 aromatic carbocycles. The number of fused-ring (bicyclic) bond motifs is 1. The molecule has 8 heteroatoms. The van der Waals surface area contributed by atoms with Gasteiger partial charge in [-0.25, -0.2) is 0 Å². The number of carbonyl (C=O) groups is 1. The molecule has 3 heterocycles. The van der Waals surface area contributed by atoms with E-state index in [9.17, 15) is 9.59 Å². The Labute approximate surface area is 172 Å². The predicted molar refractivity (Wildman–Crippen MR) is 112 cm³/mol. The predicted octanol–water partition coefficient (Wildman–Crippen LogP) is 2.50. The first kappa shape index (κ1) is 19.4. The molecule has 0 saturated heterocycles. The molecule has 0 spiro atoms. The van der Waals surface area contributed by atoms with E-state index in [0.29, 0.717) is 35.2 Å². The minimum atomic E-state index is -0.356. The van der Waals surface area contributed by atoms with E-state index in [-0.39, 0.29) is 24.4 Å². The van der Waals surface area contributed by atoms with Gasteiger partial charge in [0.25, 0.3) is 5.56 Å². The molecule has 30 heavy (non-hydrogen) atoms. The smallest absolute Gasteiger partial charge is 0.279 e. The standard InChI is InChI=1S/C22H21N5O3/c1-3-11-26-15(2)18(13-19(28)23-14-17-10-7-12-30-17)21(29)27-22(26)24-20(25-27)16-8-5-4-6-9-16/h3-10,12H,1,11,13-14H2,2H3,(H,23,28). The van der Waals surface area contributed by atoms with Crippen molar-refractivity contribution in [1.29, 1.82) is 0 Å². The molecule has 4 rings (SSSR count). The number of aromatic nitrogens is 4. The summed E-state index contributed by atoms with van der Waals surface area (Å²) < 4.78 is 8.32. The zero-order chi connectivity index (χ0) is 21.1. The summed E-state index contributed by atoms with van der Waals surface area (Å²) in [4.78, 5) is 30.2. The van der Waals surface area contributed by atoms with Crippen molar-refractivity contribution < 1.29 is 9.21 Å². The average Bonchev–Trinajstić information content (AvgIpc) is 3.43. The van der Waals surface area contributed by atoms with Gasteiger partial charge in [-0.15, -0.1) is 11.7 Å². The molecule has 0 aliphatic heterocycles. The fourth-order valence-electron chi connectivity index (χ4n) is 3.29. The Morgan fingerprint density at radius 3 is 2.73 bits per heavy atom. The molecule has 0 unspecified atom stereocenters. The van der Waals surface area contributed by atoms with Crippen LogP contribution in [0.3, 0.4) is 0 Å². The molecule has 1 amide bonds. The molecule has 4 aromatic rings. The third kappa shape index (κ3) is 3.67. The molecule has 8 nitrogen and oxygen atoms in total. The van der Waals surface area contributed by atoms with Crippen LogP contribution in [0.4, 0.5) is 0 Å². The first-order chi connectivity index (χ1) is 14.6. The molecule has 0 atom stereocenters. The molecule has 152 valence electrons. The van der Waals surface area contributed by atoms with Crippen molar-refractivity contribution in [2.45, 2.75) is 26.4 Å². The topological polar surface area (TPSA) is 94.4 Å². The van der Waals surface area contributed by atoms with Crippen LogP contribution in [0, 0.1) is 6.92 Å². The van der Waals surface area contributed by atoms with Crippen molar-refractivity contribution in [2.24, 2.45) is 0 Å². The second-order valence-corrected chi connectivity index (χ2v) is 6.81. The highest BCUT2D eigenvalue weighted by Gasteiger charge is 2.20. The summed E-state index contributed by atoms with van der Waals surface area (Å²) in [7, 11) is 0. The van der Waals surface area contributed by atoms with Gasteiger partial charge < -0.3 is 14.3 Å². The number of hydrogen-bond acceptors (Lipinski definition) is 5. The van der Waals surface area contributed by atoms with Gasteiger partial charge in [-0.05, 0) is 19.1 Å². The largest absolute Gasteiger partial charge is 0.467 e. The van der Waals surface area contributed by atoms with E-state index < -0.39 is 0 Å². The summed E-state index contributed by atoms with van der Waals surface area (Å²) in [6.45, 7) is 6.29. The Balaban J connectivity index is 1.73. The van der Waals surface area contributed by atoms with E-state index in [0.717, 1.165) is 5.56 Å². The number of carbonyl (C=O) groups excluding carboxylic acids is 1. The van der Waals surface area contributed by atoms with Crippen LogP contribution in [0.5, 0.6) is 0 Å². The maximum absolute atomic E-state index is 13.1. The molecule has 0 fully saturated rings. The summed E-state index contributed by atoms with van der Waals surface area (Å²) in [5.41, 5.74) is 1.48. The lowest BCUT2D eigenvalue weighted by Gasteiger charge is -2.13. The van der Waals surface area contributed by atoms with Gasteiger partial charge in [-0.1, -0.05) is 36.4 Å². The van der Waals surface area contributed by atoms with Crippen LogP contribution < -0.4 is 10.9 Å². The van der Waals surface area contributed by atoms with Crippen molar-refractivity contribution in [2.75, 3.05) is 0 Å². The van der Waals surface area contributed by atoms with Crippen molar-refractivity contribution >= 4 is 11.7 Å². The second kappa shape index (κ2) is 8.20. The quantitative estimate of drug-likeness (QED) is 0.479. The van der Waals surface area contributed by atoms with Crippen molar-refractivity contribution in [1.82, 2.24) is 24.5 Å². The molecule has 0 saturated carbocycles. The highest BCUT2D eigenvalue weighted by Crippen LogP contribution is 2.17. The Morgan fingerprint density at radius 2 is 2.03 bits per heavy atom. The highest BCUT2D eigenvalue weighted by atomic mass is 16.3. The van der Waals surface area contributed by atoms with Crippen LogP contribution in [0.1, 0.15) is 17.0 Å². The van der Waals surface area contributed by atoms with Crippen LogP contribution in [0.2, 0.25) is 0 Å². The lowest BCUT2D eigenvalue weighted by Crippen LogP contribution is -2.31. The lowest BCUT2D eigenvalue weighted by atomic mass is 10.1. The fraction of sp³-hybridized carbons (Fsp3) is 0.182. The number of furan rings is 1. The highest BCUT2D eigenvalue weighted by molar-refractivity contribution is 5.78. The van der Waals surface area contributed by atoms with Gasteiger partial charge in [0, 0.05) is 23.4 Å². The molecule has 0 bridgehead atoms. The SMILES string of the molecule is C=CCn1c(C)c(CC(=O)NCc2ccco2)c(=O)n2nc(-c3ccccc3)nc12. The van der Waals surface area contributed by atoms with E-state index in [2.05, 4.69) is 22.0 Å². The van der Waals surface area contributed by atoms with E-state index in [1.54, 1.807) is 31.4 Å². The summed E-state index contributed by atoms with van der Waals surface area (Å²) >= 11 is 0. The second-order valence-electron chi connectivity index (χ2n) is 6.81. The average molecular weight is 403 g/mol. The normalized spacial score (nSPS) is 11.0. The Hall–Kier alpha value is -3.94. The number of rotatable bonds is 7. The molecular weight excluding hydrogens is 382 g/mol. The number of nitrogens with one attached hydrogen (secondary N) is 1. The van der Waals surface area contributed by atoms with Gasteiger partial charge in [0.15, 0.2) is 5.82 Å². The summed E-state index contributed by atoms with van der Waals surface area (Å²) in [5.74, 6) is 1.23. The zero-order valence-corrected chi connectivity index (χ0v) is 16.5. The Morgan fingerprint density at radius 1 is 1.23 bits per heavy atom. The monoisotopic (exact) mass is 403 g/mol. The molecule has 1 N–H and O–H groups in total. The van der Waals surface area contributed by atoms with Crippen molar-refractivity contribution in [3.63, 3.8) is 0 Å². The zero-order valence-electron chi connectivity index (χ0n) is 16.5. The summed E-state index contributed by atoms with van der Waals surface area (Å²) in [6, 6.07) is 13.0. The maximum atomic E-state index is 13.1. The Kier molecular flexibility index (Phi) is 5.30. The third-order valence-electron chi connectivity index (χ3n) is 4.84. The van der Waals surface area contributed by atoms with Crippen LogP contribution in [-0.4, -0.2) is 25.1 Å². The number of nitrogens with zero attached hydrogens (tertiary/aromatic N) is 4. The van der Waals surface area contributed by atoms with Gasteiger partial charge in [0.2, 0.25) is 11.7 Å². The Bertz CT molecular complexity index is 1250. The van der Waals surface area contributed by atoms with Gasteiger partial charge in [-0.2, -0.15) is 9.50 Å². The van der Waals surface area contributed by atoms with E-state index in [4.69, 9.17) is 4.42 Å². The maximum Gasteiger partial charge on any atom is 0.279 e. The van der Waals surface area contributed by atoms with Crippen molar-refractivity contribution in [3.05, 3.63) is 88.8 Å². The van der Waals surface area contributed by atoms with Crippen LogP contribution in [0.15, 0.2) is 70.6 Å². The summed E-state index contributed by atoms with van der Waals surface area (Å²) in [5, 5.41) is 7.18. The first-order valence-corrected chi connectivity index (χ1v) is 9.53. The van der Waals surface area contributed by atoms with E-state index >= 15 is 0 Å². The van der Waals surface area contributed by atoms with Gasteiger partial charge >= 0.3 is 0 Å².